The van der Waals surface area contributed by atoms with E-state index in [9.17, 15) is 0 Å². The minimum absolute atomic E-state index is 0.637. The van der Waals surface area contributed by atoms with Crippen LogP contribution >= 0.6 is 11.6 Å². The smallest absolute Gasteiger partial charge is 0.137 e. The van der Waals surface area contributed by atoms with Crippen LogP contribution in [-0.4, -0.2) is 24.3 Å². The number of fused-ring (bicyclic) bond motifs is 3. The number of rotatable bonds is 4. The highest BCUT2D eigenvalue weighted by Gasteiger charge is 2.18. The summed E-state index contributed by atoms with van der Waals surface area (Å²) in [6, 6.07) is 16.4. The highest BCUT2D eigenvalue weighted by Crippen LogP contribution is 2.29. The quantitative estimate of drug-likeness (QED) is 0.775. The van der Waals surface area contributed by atoms with Crippen LogP contribution in [-0.2, 0) is 19.4 Å². The van der Waals surface area contributed by atoms with Gasteiger partial charge in [0, 0.05) is 49.1 Å². The lowest BCUT2D eigenvalue weighted by molar-refractivity contribution is 0.322. The molecule has 0 bridgehead atoms. The van der Waals surface area contributed by atoms with E-state index >= 15 is 0 Å². The Balaban J connectivity index is 1.62. The Labute approximate surface area is 147 Å². The molecule has 0 fully saturated rings. The lowest BCUT2D eigenvalue weighted by atomic mass is 10.1. The Kier molecular flexibility index (Phi) is 4.46. The second kappa shape index (κ2) is 6.88. The van der Waals surface area contributed by atoms with Crippen LogP contribution in [0.1, 0.15) is 11.3 Å². The molecule has 0 unspecified atom stereocenters. The van der Waals surface area contributed by atoms with Gasteiger partial charge in [0.05, 0.1) is 11.6 Å². The number of halogens is 1. The average molecular weight is 341 g/mol. The van der Waals surface area contributed by atoms with E-state index in [4.69, 9.17) is 16.3 Å². The molecule has 2 aromatic carbocycles. The van der Waals surface area contributed by atoms with Crippen LogP contribution in [0.25, 0.3) is 10.9 Å². The number of hydrogen-bond acceptors (Lipinski definition) is 2. The largest absolute Gasteiger partial charge is 0.492 e. The predicted octanol–water partition coefficient (Wildman–Crippen LogP) is 4.06. The molecule has 24 heavy (non-hydrogen) atoms. The number of hydrogen-bond donors (Lipinski definition) is 1. The van der Waals surface area contributed by atoms with E-state index in [0.717, 1.165) is 38.2 Å². The second-order valence-corrected chi connectivity index (χ2v) is 6.53. The molecule has 1 aliphatic rings. The summed E-state index contributed by atoms with van der Waals surface area (Å²) in [4.78, 5) is 0. The van der Waals surface area contributed by atoms with Gasteiger partial charge in [-0.1, -0.05) is 41.9 Å². The van der Waals surface area contributed by atoms with Gasteiger partial charge in [-0.3, -0.25) is 0 Å². The fourth-order valence-electron chi connectivity index (χ4n) is 3.60. The van der Waals surface area contributed by atoms with Crippen molar-refractivity contribution in [1.29, 1.82) is 0 Å². The topological polar surface area (TPSA) is 26.2 Å². The molecule has 3 nitrogen and oxygen atoms in total. The van der Waals surface area contributed by atoms with Crippen LogP contribution in [0.3, 0.4) is 0 Å². The van der Waals surface area contributed by atoms with Crippen molar-refractivity contribution in [2.75, 3.05) is 19.7 Å². The monoisotopic (exact) mass is 340 g/mol. The molecule has 4 heteroatoms. The maximum absolute atomic E-state index is 6.18. The molecule has 1 N–H and O–H groups in total. The molecule has 0 saturated carbocycles. The molecular formula is C20H21ClN2O. The third-order valence-corrected chi connectivity index (χ3v) is 5.00. The molecule has 0 radical (unpaired) electrons. The van der Waals surface area contributed by atoms with E-state index in [2.05, 4.69) is 34.1 Å². The zero-order chi connectivity index (χ0) is 16.4. The summed E-state index contributed by atoms with van der Waals surface area (Å²) in [6.07, 6.45) is 1.96. The van der Waals surface area contributed by atoms with E-state index in [1.165, 1.54) is 22.2 Å². The molecular weight excluding hydrogens is 320 g/mol. The lowest BCUT2D eigenvalue weighted by Crippen LogP contribution is -2.17. The third-order valence-electron chi connectivity index (χ3n) is 4.69. The van der Waals surface area contributed by atoms with E-state index in [0.29, 0.717) is 11.6 Å². The molecule has 0 amide bonds. The Bertz CT molecular complexity index is 856. The summed E-state index contributed by atoms with van der Waals surface area (Å²) in [6.45, 7) is 3.73. The first-order valence-corrected chi connectivity index (χ1v) is 8.89. The summed E-state index contributed by atoms with van der Waals surface area (Å²) >= 11 is 6.18. The summed E-state index contributed by atoms with van der Waals surface area (Å²) in [5, 5.41) is 5.52. The zero-order valence-corrected chi connectivity index (χ0v) is 14.4. The molecule has 0 saturated heterocycles. The normalized spacial score (nSPS) is 14.4. The lowest BCUT2D eigenvalue weighted by Gasteiger charge is -2.10. The van der Waals surface area contributed by atoms with Crippen molar-refractivity contribution in [3.8, 4) is 5.75 Å². The SMILES string of the molecule is Clc1ccccc1OCCc1c2n(c3ccccc13)CCNCC2. The molecule has 1 aliphatic heterocycles. The maximum Gasteiger partial charge on any atom is 0.137 e. The van der Waals surface area contributed by atoms with Crippen LogP contribution < -0.4 is 10.1 Å². The van der Waals surface area contributed by atoms with E-state index < -0.39 is 0 Å². The van der Waals surface area contributed by atoms with Gasteiger partial charge in [0.15, 0.2) is 0 Å². The second-order valence-electron chi connectivity index (χ2n) is 6.12. The van der Waals surface area contributed by atoms with E-state index in [-0.39, 0.29) is 0 Å². The maximum atomic E-state index is 6.18. The number of nitrogens with zero attached hydrogens (tertiary/aromatic N) is 1. The summed E-state index contributed by atoms with van der Waals surface area (Å²) in [7, 11) is 0. The van der Waals surface area contributed by atoms with Gasteiger partial charge in [0.25, 0.3) is 0 Å². The van der Waals surface area contributed by atoms with Crippen molar-refractivity contribution >= 4 is 22.5 Å². The summed E-state index contributed by atoms with van der Waals surface area (Å²) in [5.41, 5.74) is 4.20. The van der Waals surface area contributed by atoms with Crippen LogP contribution in [0.4, 0.5) is 0 Å². The van der Waals surface area contributed by atoms with Gasteiger partial charge < -0.3 is 14.6 Å². The molecule has 124 valence electrons. The van der Waals surface area contributed by atoms with Crippen molar-refractivity contribution in [3.05, 3.63) is 64.8 Å². The van der Waals surface area contributed by atoms with Crippen molar-refractivity contribution in [2.45, 2.75) is 19.4 Å². The van der Waals surface area contributed by atoms with Crippen LogP contribution in [0.5, 0.6) is 5.75 Å². The number of ether oxygens (including phenoxy) is 1. The standard InChI is InChI=1S/C20H21ClN2O/c21-17-6-2-4-8-20(17)24-14-10-16-15-5-1-3-7-18(15)23-13-12-22-11-9-19(16)23/h1-8,22H,9-14H2. The van der Waals surface area contributed by atoms with Gasteiger partial charge in [0.1, 0.15) is 5.75 Å². The first-order valence-electron chi connectivity index (χ1n) is 8.51. The van der Waals surface area contributed by atoms with E-state index in [1.54, 1.807) is 0 Å². The first-order chi connectivity index (χ1) is 11.8. The predicted molar refractivity (Wildman–Crippen MR) is 99.2 cm³/mol. The Morgan fingerprint density at radius 1 is 1.04 bits per heavy atom. The van der Waals surface area contributed by atoms with Gasteiger partial charge in [-0.15, -0.1) is 0 Å². The van der Waals surface area contributed by atoms with Gasteiger partial charge in [-0.2, -0.15) is 0 Å². The first kappa shape index (κ1) is 15.6. The molecule has 2 heterocycles. The third kappa shape index (κ3) is 2.90. The average Bonchev–Trinajstić information content (AvgIpc) is 2.76. The summed E-state index contributed by atoms with van der Waals surface area (Å²) in [5.74, 6) is 0.760. The van der Waals surface area contributed by atoms with Crippen LogP contribution in [0.15, 0.2) is 48.5 Å². The minimum atomic E-state index is 0.637. The zero-order valence-electron chi connectivity index (χ0n) is 13.6. The van der Waals surface area contributed by atoms with Gasteiger partial charge in [0.2, 0.25) is 0 Å². The van der Waals surface area contributed by atoms with Gasteiger partial charge in [-0.25, -0.2) is 0 Å². The number of aromatic nitrogens is 1. The molecule has 4 rings (SSSR count). The van der Waals surface area contributed by atoms with Gasteiger partial charge >= 0.3 is 0 Å². The molecule has 0 atom stereocenters. The fourth-order valence-corrected chi connectivity index (χ4v) is 3.79. The number of benzene rings is 2. The van der Waals surface area contributed by atoms with Crippen LogP contribution in [0.2, 0.25) is 5.02 Å². The van der Waals surface area contributed by atoms with Crippen molar-refractivity contribution in [1.82, 2.24) is 9.88 Å². The highest BCUT2D eigenvalue weighted by atomic mass is 35.5. The number of para-hydroxylation sites is 2. The Morgan fingerprint density at radius 3 is 2.79 bits per heavy atom. The van der Waals surface area contributed by atoms with Gasteiger partial charge in [-0.05, 0) is 23.8 Å². The molecule has 3 aromatic rings. The molecule has 0 spiro atoms. The highest BCUT2D eigenvalue weighted by molar-refractivity contribution is 6.32. The molecule has 0 aliphatic carbocycles. The van der Waals surface area contributed by atoms with Crippen molar-refractivity contribution < 1.29 is 4.74 Å². The van der Waals surface area contributed by atoms with Crippen molar-refractivity contribution in [3.63, 3.8) is 0 Å². The minimum Gasteiger partial charge on any atom is -0.492 e. The molecule has 1 aromatic heterocycles. The number of nitrogens with one attached hydrogen (secondary N) is 1. The van der Waals surface area contributed by atoms with Crippen molar-refractivity contribution in [2.24, 2.45) is 0 Å². The fraction of sp³-hybridized carbons (Fsp3) is 0.300. The Morgan fingerprint density at radius 2 is 1.88 bits per heavy atom. The Hall–Kier alpha value is -1.97. The van der Waals surface area contributed by atoms with E-state index in [1.807, 2.05) is 24.3 Å². The summed E-state index contributed by atoms with van der Waals surface area (Å²) < 4.78 is 8.40. The van der Waals surface area contributed by atoms with Crippen LogP contribution in [0, 0.1) is 0 Å².